The van der Waals surface area contributed by atoms with Crippen molar-refractivity contribution in [2.24, 2.45) is 0 Å². The number of halogens is 1. The second-order valence-electron chi connectivity index (χ2n) is 7.06. The Hall–Kier alpha value is -3.58. The summed E-state index contributed by atoms with van der Waals surface area (Å²) >= 11 is 6.45. The lowest BCUT2D eigenvalue weighted by Gasteiger charge is -2.20. The van der Waals surface area contributed by atoms with Gasteiger partial charge in [0.05, 0.1) is 28.6 Å². The number of hydrogen-bond acceptors (Lipinski definition) is 6. The Morgan fingerprint density at radius 3 is 2.83 bits per heavy atom. The van der Waals surface area contributed by atoms with E-state index in [4.69, 9.17) is 16.6 Å². The van der Waals surface area contributed by atoms with Crippen LogP contribution in [-0.2, 0) is 0 Å². The Morgan fingerprint density at radius 1 is 1.07 bits per heavy atom. The van der Waals surface area contributed by atoms with Crippen molar-refractivity contribution in [3.05, 3.63) is 71.5 Å². The molecule has 7 nitrogen and oxygen atoms in total. The molecule has 148 valence electrons. The molecule has 4 heterocycles. The number of aromatic nitrogens is 6. The molecule has 0 amide bonds. The van der Waals surface area contributed by atoms with Gasteiger partial charge < -0.3 is 10.3 Å². The van der Waals surface area contributed by atoms with Crippen molar-refractivity contribution in [2.45, 2.75) is 19.9 Å². The lowest BCUT2D eigenvalue weighted by molar-refractivity contribution is 0.872. The lowest BCUT2D eigenvalue weighted by Crippen LogP contribution is -2.11. The summed E-state index contributed by atoms with van der Waals surface area (Å²) in [4.78, 5) is 25.3. The first kappa shape index (κ1) is 18.4. The predicted octanol–water partition coefficient (Wildman–Crippen LogP) is 5.10. The second kappa shape index (κ2) is 7.35. The van der Waals surface area contributed by atoms with Crippen molar-refractivity contribution in [3.8, 4) is 11.3 Å². The average Bonchev–Trinajstić information content (AvgIpc) is 3.24. The van der Waals surface area contributed by atoms with E-state index in [9.17, 15) is 0 Å². The molecule has 0 aliphatic carbocycles. The first-order valence-corrected chi connectivity index (χ1v) is 9.91. The highest BCUT2D eigenvalue weighted by Gasteiger charge is 2.19. The Balaban J connectivity index is 1.68. The minimum Gasteiger partial charge on any atom is -0.362 e. The van der Waals surface area contributed by atoms with Crippen LogP contribution in [0.25, 0.3) is 33.3 Å². The number of nitrogens with zero attached hydrogens (tertiary/aromatic N) is 5. The third kappa shape index (κ3) is 3.13. The molecule has 8 heteroatoms. The van der Waals surface area contributed by atoms with Crippen LogP contribution in [0.3, 0.4) is 0 Å². The first-order valence-electron chi connectivity index (χ1n) is 9.53. The number of fused-ring (bicyclic) bond motifs is 2. The van der Waals surface area contributed by atoms with Gasteiger partial charge in [0.25, 0.3) is 0 Å². The number of rotatable bonds is 4. The average molecular weight is 416 g/mol. The minimum atomic E-state index is -0.100. The zero-order valence-corrected chi connectivity index (χ0v) is 17.1. The predicted molar refractivity (Wildman–Crippen MR) is 118 cm³/mol. The van der Waals surface area contributed by atoms with Gasteiger partial charge in [-0.3, -0.25) is 4.98 Å². The summed E-state index contributed by atoms with van der Waals surface area (Å²) in [6.07, 6.45) is 4.89. The van der Waals surface area contributed by atoms with Gasteiger partial charge in [-0.15, -0.1) is 0 Å². The topological polar surface area (TPSA) is 92.3 Å². The van der Waals surface area contributed by atoms with E-state index in [0.29, 0.717) is 16.5 Å². The monoisotopic (exact) mass is 415 g/mol. The molecule has 4 aromatic heterocycles. The number of pyridine rings is 2. The van der Waals surface area contributed by atoms with E-state index in [1.165, 1.54) is 6.33 Å². The maximum Gasteiger partial charge on any atom is 0.182 e. The molecule has 0 spiro atoms. The van der Waals surface area contributed by atoms with E-state index >= 15 is 0 Å². The van der Waals surface area contributed by atoms with E-state index in [1.807, 2.05) is 37.3 Å². The molecule has 0 bridgehead atoms. The van der Waals surface area contributed by atoms with Gasteiger partial charge in [0.1, 0.15) is 11.8 Å². The molecule has 1 aromatic carbocycles. The largest absolute Gasteiger partial charge is 0.362 e. The number of aryl methyl sites for hydroxylation is 1. The van der Waals surface area contributed by atoms with Gasteiger partial charge in [0.15, 0.2) is 11.5 Å². The molecule has 5 aromatic rings. The molecule has 1 atom stereocenters. The molecule has 5 rings (SSSR count). The Labute approximate surface area is 177 Å². The first-order chi connectivity index (χ1) is 14.6. The molecule has 0 aliphatic rings. The van der Waals surface area contributed by atoms with Gasteiger partial charge in [-0.2, -0.15) is 0 Å². The Morgan fingerprint density at radius 2 is 1.97 bits per heavy atom. The molecular formula is C22H18ClN7. The van der Waals surface area contributed by atoms with Crippen molar-refractivity contribution in [1.82, 2.24) is 29.9 Å². The summed E-state index contributed by atoms with van der Waals surface area (Å²) in [7, 11) is 0. The molecule has 0 saturated heterocycles. The van der Waals surface area contributed by atoms with Crippen LogP contribution in [0.4, 0.5) is 5.82 Å². The number of nitrogens with one attached hydrogen (secondary N) is 2. The fraction of sp³-hybridized carbons (Fsp3) is 0.136. The SMILES string of the molecule is Cc1ncccc1-c1nc2c(Cl)cccc2cc1[C@H](C)Nc1ncnc2nc[nH]c12. The quantitative estimate of drug-likeness (QED) is 0.424. The highest BCUT2D eigenvalue weighted by Crippen LogP contribution is 2.34. The number of para-hydroxylation sites is 1. The van der Waals surface area contributed by atoms with Crippen molar-refractivity contribution >= 4 is 39.5 Å². The second-order valence-corrected chi connectivity index (χ2v) is 7.47. The van der Waals surface area contributed by atoms with E-state index in [0.717, 1.165) is 38.9 Å². The summed E-state index contributed by atoms with van der Waals surface area (Å²) in [5.74, 6) is 0.685. The van der Waals surface area contributed by atoms with Crippen molar-refractivity contribution in [2.75, 3.05) is 5.32 Å². The van der Waals surface area contributed by atoms with Crippen LogP contribution in [0.1, 0.15) is 24.2 Å². The molecule has 0 fully saturated rings. The van der Waals surface area contributed by atoms with Crippen molar-refractivity contribution < 1.29 is 0 Å². The molecule has 0 unspecified atom stereocenters. The minimum absolute atomic E-state index is 0.100. The smallest absolute Gasteiger partial charge is 0.182 e. The number of aromatic amines is 1. The van der Waals surface area contributed by atoms with Crippen LogP contribution in [0.2, 0.25) is 5.02 Å². The number of imidazole rings is 1. The third-order valence-electron chi connectivity index (χ3n) is 5.13. The molecule has 0 aliphatic heterocycles. The van der Waals surface area contributed by atoms with E-state index < -0.39 is 0 Å². The maximum absolute atomic E-state index is 6.45. The molecule has 0 saturated carbocycles. The number of benzene rings is 1. The lowest BCUT2D eigenvalue weighted by atomic mass is 9.97. The Bertz CT molecular complexity index is 1380. The third-order valence-corrected chi connectivity index (χ3v) is 5.44. The van der Waals surface area contributed by atoms with Gasteiger partial charge >= 0.3 is 0 Å². The van der Waals surface area contributed by atoms with Gasteiger partial charge in [-0.1, -0.05) is 23.7 Å². The fourth-order valence-electron chi connectivity index (χ4n) is 3.62. The van der Waals surface area contributed by atoms with E-state index in [1.54, 1.807) is 12.5 Å². The molecule has 2 N–H and O–H groups in total. The normalized spacial score (nSPS) is 12.4. The van der Waals surface area contributed by atoms with Crippen molar-refractivity contribution in [1.29, 1.82) is 0 Å². The van der Waals surface area contributed by atoms with Gasteiger partial charge in [0, 0.05) is 28.4 Å². The standard InChI is InChI=1S/C22H18ClN7/c1-12-15(6-4-8-24-12)19-16(9-14-5-3-7-17(23)18(14)30-19)13(2)29-22-20-21(26-10-25-20)27-11-28-22/h3-11,13H,1-2H3,(H2,25,26,27,28,29)/t13-/m0/s1. The highest BCUT2D eigenvalue weighted by atomic mass is 35.5. The van der Waals surface area contributed by atoms with Gasteiger partial charge in [0.2, 0.25) is 0 Å². The zero-order valence-electron chi connectivity index (χ0n) is 16.4. The van der Waals surface area contributed by atoms with Crippen LogP contribution < -0.4 is 5.32 Å². The fourth-order valence-corrected chi connectivity index (χ4v) is 3.84. The van der Waals surface area contributed by atoms with Gasteiger partial charge in [-0.05, 0) is 38.1 Å². The van der Waals surface area contributed by atoms with Gasteiger partial charge in [-0.25, -0.2) is 19.9 Å². The highest BCUT2D eigenvalue weighted by molar-refractivity contribution is 6.35. The van der Waals surface area contributed by atoms with Crippen LogP contribution >= 0.6 is 11.6 Å². The zero-order chi connectivity index (χ0) is 20.7. The molecule has 0 radical (unpaired) electrons. The van der Waals surface area contributed by atoms with Crippen molar-refractivity contribution in [3.63, 3.8) is 0 Å². The van der Waals surface area contributed by atoms with E-state index in [2.05, 4.69) is 43.2 Å². The van der Waals surface area contributed by atoms with E-state index in [-0.39, 0.29) is 6.04 Å². The number of anilines is 1. The summed E-state index contributed by atoms with van der Waals surface area (Å²) in [6.45, 7) is 4.06. The number of hydrogen-bond donors (Lipinski definition) is 2. The summed E-state index contributed by atoms with van der Waals surface area (Å²) in [5.41, 5.74) is 5.89. The Kier molecular flexibility index (Phi) is 4.52. The van der Waals surface area contributed by atoms with Crippen LogP contribution in [0.5, 0.6) is 0 Å². The summed E-state index contributed by atoms with van der Waals surface area (Å²) in [5, 5.41) is 5.08. The number of H-pyrrole nitrogens is 1. The van der Waals surface area contributed by atoms with Crippen LogP contribution in [0, 0.1) is 6.92 Å². The molecular weight excluding hydrogens is 398 g/mol. The maximum atomic E-state index is 6.45. The molecule has 30 heavy (non-hydrogen) atoms. The van der Waals surface area contributed by atoms with Crippen LogP contribution in [0.15, 0.2) is 55.2 Å². The summed E-state index contributed by atoms with van der Waals surface area (Å²) < 4.78 is 0. The van der Waals surface area contributed by atoms with Crippen LogP contribution in [-0.4, -0.2) is 29.9 Å². The summed E-state index contributed by atoms with van der Waals surface area (Å²) in [6, 6.07) is 11.8.